The van der Waals surface area contributed by atoms with Crippen molar-refractivity contribution in [3.8, 4) is 0 Å². The Labute approximate surface area is 99.0 Å². The number of thiocarbonyl (C=S) groups is 1. The topological polar surface area (TPSA) is 12.0 Å². The van der Waals surface area contributed by atoms with Crippen molar-refractivity contribution in [3.05, 3.63) is 34.9 Å². The maximum atomic E-state index is 5.44. The predicted molar refractivity (Wildman–Crippen MR) is 74.1 cm³/mol. The molecule has 0 atom stereocenters. The molecule has 1 aromatic rings. The quantitative estimate of drug-likeness (QED) is 0.625. The molecule has 0 unspecified atom stereocenters. The van der Waals surface area contributed by atoms with Gasteiger partial charge in [-0.1, -0.05) is 49.6 Å². The van der Waals surface area contributed by atoms with Crippen LogP contribution in [0.5, 0.6) is 0 Å². The fraction of sp³-hybridized carbons (Fsp3) is 0.417. The van der Waals surface area contributed by atoms with E-state index >= 15 is 0 Å². The molecular weight excluding hydrogens is 218 g/mol. The van der Waals surface area contributed by atoms with Crippen molar-refractivity contribution < 1.29 is 0 Å². The molecule has 82 valence electrons. The van der Waals surface area contributed by atoms with E-state index in [1.165, 1.54) is 16.7 Å². The van der Waals surface area contributed by atoms with Crippen molar-refractivity contribution in [2.45, 2.75) is 33.5 Å². The largest absolute Gasteiger partial charge is 0.402 e. The fourth-order valence-corrected chi connectivity index (χ4v) is 3.34. The molecule has 0 aliphatic heterocycles. The first-order valence-corrected chi connectivity index (χ1v) is 9.10. The Morgan fingerprint density at radius 3 is 2.33 bits per heavy atom. The van der Waals surface area contributed by atoms with Crippen LogP contribution in [0.3, 0.4) is 0 Å². The molecule has 0 spiro atoms. The number of aryl methyl sites for hydroxylation is 2. The first-order chi connectivity index (χ1) is 6.79. The number of hydrogen-bond donors (Lipinski definition) is 1. The second kappa shape index (κ2) is 4.45. The van der Waals surface area contributed by atoms with Crippen molar-refractivity contribution in [1.82, 2.24) is 4.98 Å². The third-order valence-corrected chi connectivity index (χ3v) is 3.63. The fourth-order valence-electron chi connectivity index (χ4n) is 1.39. The molecule has 0 amide bonds. The van der Waals surface area contributed by atoms with Gasteiger partial charge in [0, 0.05) is 5.56 Å². The van der Waals surface area contributed by atoms with Crippen molar-refractivity contribution in [2.75, 3.05) is 0 Å². The smallest absolute Gasteiger partial charge is 0.145 e. The van der Waals surface area contributed by atoms with E-state index in [-0.39, 0.29) is 0 Å². The van der Waals surface area contributed by atoms with Crippen LogP contribution < -0.4 is 4.98 Å². The molecule has 1 aromatic carbocycles. The average molecular weight is 237 g/mol. The van der Waals surface area contributed by atoms with Gasteiger partial charge in [0.15, 0.2) is 0 Å². The monoisotopic (exact) mass is 237 g/mol. The molecular formula is C12H19NSSi. The van der Waals surface area contributed by atoms with Crippen LogP contribution in [0, 0.1) is 13.8 Å². The minimum atomic E-state index is -1.33. The lowest BCUT2D eigenvalue weighted by Crippen LogP contribution is -2.45. The third-order valence-electron chi connectivity index (χ3n) is 2.13. The second-order valence-electron chi connectivity index (χ2n) is 5.02. The zero-order valence-electron chi connectivity index (χ0n) is 10.1. The van der Waals surface area contributed by atoms with Gasteiger partial charge in [-0.25, -0.2) is 0 Å². The van der Waals surface area contributed by atoms with Crippen molar-refractivity contribution >= 4 is 25.4 Å². The van der Waals surface area contributed by atoms with Gasteiger partial charge in [0.1, 0.15) is 8.24 Å². The van der Waals surface area contributed by atoms with Crippen LogP contribution in [0.25, 0.3) is 0 Å². The number of hydrogen-bond acceptors (Lipinski definition) is 1. The molecule has 0 heterocycles. The number of rotatable bonds is 2. The van der Waals surface area contributed by atoms with Crippen LogP contribution >= 0.6 is 12.2 Å². The molecule has 1 N–H and O–H groups in total. The highest BCUT2D eigenvalue weighted by atomic mass is 32.1. The highest BCUT2D eigenvalue weighted by Gasteiger charge is 2.16. The summed E-state index contributed by atoms with van der Waals surface area (Å²) in [5.74, 6) is 0. The van der Waals surface area contributed by atoms with Crippen molar-refractivity contribution in [2.24, 2.45) is 0 Å². The summed E-state index contributed by atoms with van der Waals surface area (Å²) in [6.07, 6.45) is 0. The zero-order valence-corrected chi connectivity index (χ0v) is 12.0. The van der Waals surface area contributed by atoms with E-state index in [4.69, 9.17) is 12.2 Å². The minimum absolute atomic E-state index is 0.898. The van der Waals surface area contributed by atoms with Crippen LogP contribution in [-0.4, -0.2) is 13.2 Å². The van der Waals surface area contributed by atoms with Gasteiger partial charge in [0.05, 0.1) is 4.99 Å². The highest BCUT2D eigenvalue weighted by molar-refractivity contribution is 7.80. The van der Waals surface area contributed by atoms with Crippen LogP contribution in [0.4, 0.5) is 0 Å². The van der Waals surface area contributed by atoms with Gasteiger partial charge < -0.3 is 4.98 Å². The predicted octanol–water partition coefficient (Wildman–Crippen LogP) is 3.40. The summed E-state index contributed by atoms with van der Waals surface area (Å²) in [6.45, 7) is 11.0. The molecule has 0 aromatic heterocycles. The lowest BCUT2D eigenvalue weighted by atomic mass is 10.1. The summed E-state index contributed by atoms with van der Waals surface area (Å²) in [6, 6.07) is 6.41. The lowest BCUT2D eigenvalue weighted by Gasteiger charge is -2.21. The van der Waals surface area contributed by atoms with Gasteiger partial charge in [0.25, 0.3) is 0 Å². The van der Waals surface area contributed by atoms with Gasteiger partial charge in [0.2, 0.25) is 0 Å². The van der Waals surface area contributed by atoms with Crippen LogP contribution in [-0.2, 0) is 0 Å². The molecule has 0 radical (unpaired) electrons. The Hall–Kier alpha value is -0.673. The van der Waals surface area contributed by atoms with Crippen LogP contribution in [0.1, 0.15) is 16.7 Å². The summed E-state index contributed by atoms with van der Waals surface area (Å²) in [4.78, 5) is 4.37. The van der Waals surface area contributed by atoms with E-state index in [1.54, 1.807) is 0 Å². The number of nitrogens with one attached hydrogen (secondary N) is 1. The van der Waals surface area contributed by atoms with Gasteiger partial charge >= 0.3 is 0 Å². The molecule has 0 bridgehead atoms. The van der Waals surface area contributed by atoms with E-state index in [0.717, 1.165) is 4.99 Å². The molecule has 15 heavy (non-hydrogen) atoms. The van der Waals surface area contributed by atoms with Crippen LogP contribution in [0.2, 0.25) is 19.6 Å². The molecule has 0 aliphatic carbocycles. The Balaban J connectivity index is 2.96. The summed E-state index contributed by atoms with van der Waals surface area (Å²) in [5.41, 5.74) is 3.68. The third kappa shape index (κ3) is 3.76. The van der Waals surface area contributed by atoms with Gasteiger partial charge in [-0.15, -0.1) is 0 Å². The van der Waals surface area contributed by atoms with Crippen molar-refractivity contribution in [1.29, 1.82) is 0 Å². The molecule has 1 nitrogen and oxygen atoms in total. The van der Waals surface area contributed by atoms with Crippen molar-refractivity contribution in [3.63, 3.8) is 0 Å². The van der Waals surface area contributed by atoms with Gasteiger partial charge in [-0.05, 0) is 25.5 Å². The Morgan fingerprint density at radius 1 is 1.20 bits per heavy atom. The molecule has 3 heteroatoms. The maximum absolute atomic E-state index is 5.44. The van der Waals surface area contributed by atoms with E-state index < -0.39 is 8.24 Å². The first-order valence-electron chi connectivity index (χ1n) is 5.19. The SMILES string of the molecule is Cc1ccc(C)c(C(=S)N[Si](C)(C)C)c1. The van der Waals surface area contributed by atoms with E-state index in [2.05, 4.69) is 56.7 Å². The Bertz CT molecular complexity index is 380. The normalized spacial score (nSPS) is 11.3. The minimum Gasteiger partial charge on any atom is -0.402 e. The highest BCUT2D eigenvalue weighted by Crippen LogP contribution is 2.12. The maximum Gasteiger partial charge on any atom is 0.145 e. The summed E-state index contributed by atoms with van der Waals surface area (Å²) in [5, 5.41) is 0. The molecule has 0 saturated carbocycles. The average Bonchev–Trinajstić information content (AvgIpc) is 2.06. The summed E-state index contributed by atoms with van der Waals surface area (Å²) in [7, 11) is -1.33. The second-order valence-corrected chi connectivity index (χ2v) is 10.2. The van der Waals surface area contributed by atoms with E-state index in [1.807, 2.05) is 0 Å². The lowest BCUT2D eigenvalue weighted by molar-refractivity contribution is 1.31. The zero-order chi connectivity index (χ0) is 11.6. The van der Waals surface area contributed by atoms with Gasteiger partial charge in [-0.2, -0.15) is 0 Å². The standard InChI is InChI=1S/C12H19NSSi/c1-9-6-7-10(2)11(8-9)12(14)13-15(3,4)5/h6-8H,1-5H3,(H,13,14). The summed E-state index contributed by atoms with van der Waals surface area (Å²) < 4.78 is 0. The van der Waals surface area contributed by atoms with Gasteiger partial charge in [-0.3, -0.25) is 0 Å². The first kappa shape index (κ1) is 12.4. The van der Waals surface area contributed by atoms with Crippen LogP contribution in [0.15, 0.2) is 18.2 Å². The Morgan fingerprint density at radius 2 is 1.80 bits per heavy atom. The molecule has 0 saturated heterocycles. The van der Waals surface area contributed by atoms with E-state index in [0.29, 0.717) is 0 Å². The Kier molecular flexibility index (Phi) is 3.68. The molecule has 1 rings (SSSR count). The molecule has 0 fully saturated rings. The van der Waals surface area contributed by atoms with E-state index in [9.17, 15) is 0 Å². The number of benzene rings is 1. The summed E-state index contributed by atoms with van der Waals surface area (Å²) >= 11 is 5.44. The molecule has 0 aliphatic rings.